The smallest absolute Gasteiger partial charge is 0.335 e. The minimum Gasteiger partial charge on any atom is -0.493 e. The Hall–Kier alpha value is -1.88. The minimum atomic E-state index is -0.948. The second-order valence-electron chi connectivity index (χ2n) is 3.81. The van der Waals surface area contributed by atoms with E-state index in [0.29, 0.717) is 12.4 Å². The number of carboxylic acid groups (broad SMARTS) is 1. The van der Waals surface area contributed by atoms with Gasteiger partial charge in [-0.3, -0.25) is 0 Å². The van der Waals surface area contributed by atoms with Gasteiger partial charge in [0, 0.05) is 17.5 Å². The molecule has 1 heterocycles. The molecule has 0 atom stereocenters. The number of benzene rings is 1. The fourth-order valence-electron chi connectivity index (χ4n) is 1.49. The van der Waals surface area contributed by atoms with Crippen LogP contribution < -0.4 is 4.74 Å². The third-order valence-electron chi connectivity index (χ3n) is 2.33. The van der Waals surface area contributed by atoms with Crippen LogP contribution in [0.15, 0.2) is 29.6 Å². The second kappa shape index (κ2) is 5.64. The standard InChI is InChI=1S/C13H13NO3S/c1-9-8-18-12(14-9)5-6-17-11-4-2-3-10(7-11)13(15)16/h2-4,7-8H,5-6H2,1H3,(H,15,16). The first kappa shape index (κ1) is 12.6. The Morgan fingerprint density at radius 1 is 1.50 bits per heavy atom. The van der Waals surface area contributed by atoms with Crippen molar-refractivity contribution >= 4 is 17.3 Å². The Balaban J connectivity index is 1.90. The molecule has 5 heteroatoms. The van der Waals surface area contributed by atoms with Crippen LogP contribution in [0.3, 0.4) is 0 Å². The van der Waals surface area contributed by atoms with Gasteiger partial charge in [0.1, 0.15) is 5.75 Å². The Morgan fingerprint density at radius 3 is 3.00 bits per heavy atom. The molecule has 0 radical (unpaired) electrons. The van der Waals surface area contributed by atoms with Crippen molar-refractivity contribution in [2.24, 2.45) is 0 Å². The number of carboxylic acids is 1. The first-order valence-electron chi connectivity index (χ1n) is 5.52. The van der Waals surface area contributed by atoms with Crippen LogP contribution in [0.5, 0.6) is 5.75 Å². The van der Waals surface area contributed by atoms with Crippen molar-refractivity contribution in [2.45, 2.75) is 13.3 Å². The second-order valence-corrected chi connectivity index (χ2v) is 4.76. The molecular formula is C13H13NO3S. The summed E-state index contributed by atoms with van der Waals surface area (Å²) in [6, 6.07) is 6.49. The third-order valence-corrected chi connectivity index (χ3v) is 3.36. The summed E-state index contributed by atoms with van der Waals surface area (Å²) in [5.41, 5.74) is 1.25. The fourth-order valence-corrected chi connectivity index (χ4v) is 2.25. The zero-order valence-corrected chi connectivity index (χ0v) is 10.7. The number of thiazole rings is 1. The maximum absolute atomic E-state index is 10.8. The predicted molar refractivity (Wildman–Crippen MR) is 69.5 cm³/mol. The van der Waals surface area contributed by atoms with E-state index in [9.17, 15) is 4.79 Å². The number of rotatable bonds is 5. The largest absolute Gasteiger partial charge is 0.493 e. The highest BCUT2D eigenvalue weighted by Gasteiger charge is 2.04. The molecule has 0 unspecified atom stereocenters. The monoisotopic (exact) mass is 263 g/mol. The number of carbonyl (C=O) groups is 1. The summed E-state index contributed by atoms with van der Waals surface area (Å²) in [6.45, 7) is 2.45. The molecule has 2 rings (SSSR count). The first-order valence-corrected chi connectivity index (χ1v) is 6.40. The molecule has 0 amide bonds. The van der Waals surface area contributed by atoms with Gasteiger partial charge in [-0.2, -0.15) is 0 Å². The molecule has 0 bridgehead atoms. The summed E-state index contributed by atoms with van der Waals surface area (Å²) < 4.78 is 5.51. The highest BCUT2D eigenvalue weighted by Crippen LogP contribution is 2.15. The molecule has 0 aliphatic heterocycles. The molecule has 1 aromatic carbocycles. The lowest BCUT2D eigenvalue weighted by Gasteiger charge is -2.05. The summed E-state index contributed by atoms with van der Waals surface area (Å²) in [5.74, 6) is -0.376. The van der Waals surface area contributed by atoms with Gasteiger partial charge in [0.2, 0.25) is 0 Å². The van der Waals surface area contributed by atoms with Crippen LogP contribution in [0, 0.1) is 6.92 Å². The Bertz CT molecular complexity index is 551. The average Bonchev–Trinajstić information content (AvgIpc) is 2.75. The minimum absolute atomic E-state index is 0.234. The van der Waals surface area contributed by atoms with Gasteiger partial charge in [-0.1, -0.05) is 6.07 Å². The number of aromatic carboxylic acids is 1. The number of hydrogen-bond donors (Lipinski definition) is 1. The molecule has 1 aromatic heterocycles. The highest BCUT2D eigenvalue weighted by atomic mass is 32.1. The first-order chi connectivity index (χ1) is 8.65. The molecule has 2 aromatic rings. The summed E-state index contributed by atoms with van der Waals surface area (Å²) in [6.07, 6.45) is 0.732. The van der Waals surface area contributed by atoms with Crippen molar-refractivity contribution in [1.82, 2.24) is 4.98 Å². The Kier molecular flexibility index (Phi) is 3.94. The molecule has 0 spiro atoms. The predicted octanol–water partition coefficient (Wildman–Crippen LogP) is 2.77. The molecule has 0 aliphatic rings. The van der Waals surface area contributed by atoms with Crippen molar-refractivity contribution in [3.63, 3.8) is 0 Å². The average molecular weight is 263 g/mol. The van der Waals surface area contributed by atoms with Crippen LogP contribution in [-0.4, -0.2) is 22.7 Å². The van der Waals surface area contributed by atoms with Crippen LogP contribution >= 0.6 is 11.3 Å². The quantitative estimate of drug-likeness (QED) is 0.901. The zero-order valence-electron chi connectivity index (χ0n) is 9.92. The van der Waals surface area contributed by atoms with Gasteiger partial charge in [0.05, 0.1) is 17.2 Å². The summed E-state index contributed by atoms with van der Waals surface area (Å²) >= 11 is 1.61. The van der Waals surface area contributed by atoms with Gasteiger partial charge in [0.25, 0.3) is 0 Å². The van der Waals surface area contributed by atoms with Crippen molar-refractivity contribution in [2.75, 3.05) is 6.61 Å². The van der Waals surface area contributed by atoms with Gasteiger partial charge in [-0.05, 0) is 25.1 Å². The molecule has 1 N–H and O–H groups in total. The Labute approximate surface area is 109 Å². The number of nitrogens with zero attached hydrogens (tertiary/aromatic N) is 1. The molecule has 0 fully saturated rings. The summed E-state index contributed by atoms with van der Waals surface area (Å²) in [4.78, 5) is 15.1. The van der Waals surface area contributed by atoms with E-state index in [2.05, 4.69) is 4.98 Å². The zero-order chi connectivity index (χ0) is 13.0. The number of ether oxygens (including phenoxy) is 1. The molecule has 94 valence electrons. The van der Waals surface area contributed by atoms with Crippen LogP contribution in [0.25, 0.3) is 0 Å². The van der Waals surface area contributed by atoms with Crippen molar-refractivity contribution in [3.8, 4) is 5.75 Å². The third kappa shape index (κ3) is 3.30. The van der Waals surface area contributed by atoms with Gasteiger partial charge < -0.3 is 9.84 Å². The maximum atomic E-state index is 10.8. The van der Waals surface area contributed by atoms with Crippen LogP contribution in [0.2, 0.25) is 0 Å². The van der Waals surface area contributed by atoms with Gasteiger partial charge >= 0.3 is 5.97 Å². The van der Waals surface area contributed by atoms with E-state index in [-0.39, 0.29) is 5.56 Å². The van der Waals surface area contributed by atoms with Crippen LogP contribution in [0.1, 0.15) is 21.1 Å². The SMILES string of the molecule is Cc1csc(CCOc2cccc(C(=O)O)c2)n1. The normalized spacial score (nSPS) is 10.3. The molecule has 0 aliphatic carbocycles. The fraction of sp³-hybridized carbons (Fsp3) is 0.231. The van der Waals surface area contributed by atoms with E-state index in [4.69, 9.17) is 9.84 Å². The van der Waals surface area contributed by atoms with E-state index in [1.807, 2.05) is 12.3 Å². The number of aromatic nitrogens is 1. The lowest BCUT2D eigenvalue weighted by Crippen LogP contribution is -2.02. The highest BCUT2D eigenvalue weighted by molar-refractivity contribution is 7.09. The lowest BCUT2D eigenvalue weighted by molar-refractivity contribution is 0.0696. The molecular weight excluding hydrogens is 250 g/mol. The van der Waals surface area contributed by atoms with Gasteiger partial charge in [-0.15, -0.1) is 11.3 Å². The van der Waals surface area contributed by atoms with E-state index in [0.717, 1.165) is 17.1 Å². The van der Waals surface area contributed by atoms with Crippen molar-refractivity contribution in [3.05, 3.63) is 45.9 Å². The number of hydrogen-bond acceptors (Lipinski definition) is 4. The van der Waals surface area contributed by atoms with Crippen molar-refractivity contribution < 1.29 is 14.6 Å². The van der Waals surface area contributed by atoms with E-state index in [1.54, 1.807) is 29.5 Å². The molecule has 0 saturated carbocycles. The topological polar surface area (TPSA) is 59.4 Å². The van der Waals surface area contributed by atoms with Crippen molar-refractivity contribution in [1.29, 1.82) is 0 Å². The van der Waals surface area contributed by atoms with Gasteiger partial charge in [0.15, 0.2) is 0 Å². The molecule has 0 saturated heterocycles. The summed E-state index contributed by atoms with van der Waals surface area (Å²) in [5, 5.41) is 11.9. The van der Waals surface area contributed by atoms with E-state index >= 15 is 0 Å². The van der Waals surface area contributed by atoms with E-state index in [1.165, 1.54) is 6.07 Å². The Morgan fingerprint density at radius 2 is 2.33 bits per heavy atom. The van der Waals surface area contributed by atoms with Crippen LogP contribution in [0.4, 0.5) is 0 Å². The molecule has 4 nitrogen and oxygen atoms in total. The summed E-state index contributed by atoms with van der Waals surface area (Å²) in [7, 11) is 0. The van der Waals surface area contributed by atoms with Crippen LogP contribution in [-0.2, 0) is 6.42 Å². The van der Waals surface area contributed by atoms with Gasteiger partial charge in [-0.25, -0.2) is 9.78 Å². The lowest BCUT2D eigenvalue weighted by atomic mass is 10.2. The molecule has 18 heavy (non-hydrogen) atoms. The maximum Gasteiger partial charge on any atom is 0.335 e. The number of aryl methyl sites for hydroxylation is 1. The van der Waals surface area contributed by atoms with E-state index < -0.39 is 5.97 Å².